The molecule has 17 heavy (non-hydrogen) atoms. The zero-order valence-electron chi connectivity index (χ0n) is 9.75. The summed E-state index contributed by atoms with van der Waals surface area (Å²) in [6.07, 6.45) is 1.44. The Bertz CT molecular complexity index is 486. The minimum absolute atomic E-state index is 0.357. The summed E-state index contributed by atoms with van der Waals surface area (Å²) in [5.41, 5.74) is 5.74. The van der Waals surface area contributed by atoms with Crippen molar-refractivity contribution in [1.82, 2.24) is 9.97 Å². The molecule has 2 N–H and O–H groups in total. The molecule has 0 amide bonds. The Morgan fingerprint density at radius 3 is 2.94 bits per heavy atom. The van der Waals surface area contributed by atoms with Gasteiger partial charge in [-0.3, -0.25) is 0 Å². The Balaban J connectivity index is 2.24. The average Bonchev–Trinajstić information content (AvgIpc) is 2.81. The number of hydrogen-bond donors (Lipinski definition) is 1. The van der Waals surface area contributed by atoms with Crippen molar-refractivity contribution >= 4 is 23.0 Å². The third-order valence-corrected chi connectivity index (χ3v) is 3.21. The van der Waals surface area contributed by atoms with E-state index in [1.807, 2.05) is 18.0 Å². The van der Waals surface area contributed by atoms with Crippen molar-refractivity contribution in [3.63, 3.8) is 0 Å². The van der Waals surface area contributed by atoms with E-state index in [0.717, 1.165) is 6.54 Å². The van der Waals surface area contributed by atoms with Crippen LogP contribution in [0.5, 0.6) is 5.75 Å². The van der Waals surface area contributed by atoms with Gasteiger partial charge in [0.15, 0.2) is 11.6 Å². The number of anilines is 2. The van der Waals surface area contributed by atoms with Gasteiger partial charge in [0.1, 0.15) is 6.33 Å². The van der Waals surface area contributed by atoms with Crippen LogP contribution in [0, 0.1) is 0 Å². The van der Waals surface area contributed by atoms with E-state index in [1.54, 1.807) is 18.4 Å². The van der Waals surface area contributed by atoms with E-state index in [0.29, 0.717) is 17.4 Å². The molecule has 0 fully saturated rings. The minimum atomic E-state index is 0.357. The summed E-state index contributed by atoms with van der Waals surface area (Å²) in [6, 6.07) is 4.11. The van der Waals surface area contributed by atoms with Crippen molar-refractivity contribution in [2.45, 2.75) is 6.54 Å². The Hall–Kier alpha value is -1.82. The van der Waals surface area contributed by atoms with Crippen LogP contribution in [0.4, 0.5) is 11.6 Å². The molecule has 2 aromatic heterocycles. The van der Waals surface area contributed by atoms with Crippen molar-refractivity contribution in [3.05, 3.63) is 28.7 Å². The second-order valence-corrected chi connectivity index (χ2v) is 4.58. The van der Waals surface area contributed by atoms with Crippen LogP contribution in [-0.4, -0.2) is 24.1 Å². The van der Waals surface area contributed by atoms with Crippen LogP contribution in [0.1, 0.15) is 4.88 Å². The first-order chi connectivity index (χ1) is 8.22. The van der Waals surface area contributed by atoms with Gasteiger partial charge in [-0.1, -0.05) is 6.07 Å². The summed E-state index contributed by atoms with van der Waals surface area (Å²) < 4.78 is 5.23. The zero-order valence-corrected chi connectivity index (χ0v) is 10.6. The molecule has 0 aromatic carbocycles. The molecule has 0 bridgehead atoms. The van der Waals surface area contributed by atoms with Crippen molar-refractivity contribution in [2.24, 2.45) is 0 Å². The molecule has 0 aliphatic rings. The van der Waals surface area contributed by atoms with Crippen LogP contribution < -0.4 is 15.4 Å². The molecule has 2 rings (SSSR count). The Labute approximate surface area is 104 Å². The van der Waals surface area contributed by atoms with Crippen LogP contribution in [0.3, 0.4) is 0 Å². The lowest BCUT2D eigenvalue weighted by molar-refractivity contribution is 0.413. The first-order valence-corrected chi connectivity index (χ1v) is 5.98. The maximum Gasteiger partial charge on any atom is 0.204 e. The van der Waals surface area contributed by atoms with Crippen LogP contribution in [0.2, 0.25) is 0 Å². The van der Waals surface area contributed by atoms with Crippen molar-refractivity contribution in [2.75, 3.05) is 24.8 Å². The normalized spacial score (nSPS) is 10.2. The molecule has 0 aliphatic carbocycles. The van der Waals surface area contributed by atoms with Gasteiger partial charge in [0.05, 0.1) is 13.7 Å². The monoisotopic (exact) mass is 250 g/mol. The van der Waals surface area contributed by atoms with Crippen LogP contribution in [0.25, 0.3) is 0 Å². The number of rotatable bonds is 4. The largest absolute Gasteiger partial charge is 0.490 e. The topological polar surface area (TPSA) is 64.3 Å². The molecule has 0 atom stereocenters. The van der Waals surface area contributed by atoms with E-state index < -0.39 is 0 Å². The van der Waals surface area contributed by atoms with E-state index in [1.165, 1.54) is 11.2 Å². The molecular weight excluding hydrogens is 236 g/mol. The van der Waals surface area contributed by atoms with Crippen molar-refractivity contribution in [3.8, 4) is 5.75 Å². The number of methoxy groups -OCH3 is 1. The number of hydrogen-bond acceptors (Lipinski definition) is 6. The van der Waals surface area contributed by atoms with Gasteiger partial charge in [0.2, 0.25) is 5.75 Å². The minimum Gasteiger partial charge on any atom is -0.490 e. The Morgan fingerprint density at radius 2 is 2.29 bits per heavy atom. The van der Waals surface area contributed by atoms with E-state index >= 15 is 0 Å². The molecule has 90 valence electrons. The second kappa shape index (κ2) is 5.01. The molecule has 2 aromatic rings. The lowest BCUT2D eigenvalue weighted by Gasteiger charge is -2.19. The number of thiophene rings is 1. The summed E-state index contributed by atoms with van der Waals surface area (Å²) in [4.78, 5) is 11.4. The fourth-order valence-corrected chi connectivity index (χ4v) is 2.31. The van der Waals surface area contributed by atoms with Crippen molar-refractivity contribution in [1.29, 1.82) is 0 Å². The predicted molar refractivity (Wildman–Crippen MR) is 69.4 cm³/mol. The lowest BCUT2D eigenvalue weighted by Crippen LogP contribution is -2.18. The van der Waals surface area contributed by atoms with Crippen molar-refractivity contribution < 1.29 is 4.74 Å². The molecular formula is C11H14N4OS. The first-order valence-electron chi connectivity index (χ1n) is 5.10. The highest BCUT2D eigenvalue weighted by Crippen LogP contribution is 2.30. The third kappa shape index (κ3) is 2.47. The van der Waals surface area contributed by atoms with E-state index in [4.69, 9.17) is 10.5 Å². The Morgan fingerprint density at radius 1 is 1.47 bits per heavy atom. The molecule has 0 saturated heterocycles. The average molecular weight is 250 g/mol. The maximum atomic E-state index is 5.74. The first kappa shape index (κ1) is 11.7. The molecule has 2 heterocycles. The number of nitrogen functional groups attached to an aromatic ring is 1. The number of ether oxygens (including phenoxy) is 1. The van der Waals surface area contributed by atoms with Gasteiger partial charge in [0.25, 0.3) is 0 Å². The van der Waals surface area contributed by atoms with E-state index in [9.17, 15) is 0 Å². The second-order valence-electron chi connectivity index (χ2n) is 3.55. The van der Waals surface area contributed by atoms with Crippen LogP contribution in [-0.2, 0) is 6.54 Å². The van der Waals surface area contributed by atoms with E-state index in [2.05, 4.69) is 21.4 Å². The Kier molecular flexibility index (Phi) is 3.43. The summed E-state index contributed by atoms with van der Waals surface area (Å²) in [6.45, 7) is 0.768. The van der Waals surface area contributed by atoms with Gasteiger partial charge >= 0.3 is 0 Å². The van der Waals surface area contributed by atoms with Crippen LogP contribution >= 0.6 is 11.3 Å². The quantitative estimate of drug-likeness (QED) is 0.895. The lowest BCUT2D eigenvalue weighted by atomic mass is 10.4. The molecule has 5 nitrogen and oxygen atoms in total. The standard InChI is InChI=1S/C11H14N4OS/c1-15(6-8-4-3-5-17-8)11-9(16-2)10(12)13-7-14-11/h3-5,7H,6H2,1-2H3,(H2,12,13,14). The SMILES string of the molecule is COc1c(N)ncnc1N(C)Cc1cccs1. The van der Waals surface area contributed by atoms with Crippen LogP contribution in [0.15, 0.2) is 23.8 Å². The fourth-order valence-electron chi connectivity index (χ4n) is 1.56. The summed E-state index contributed by atoms with van der Waals surface area (Å²) in [5.74, 6) is 1.58. The third-order valence-electron chi connectivity index (χ3n) is 2.35. The smallest absolute Gasteiger partial charge is 0.204 e. The molecule has 0 spiro atoms. The number of nitrogens with zero attached hydrogens (tertiary/aromatic N) is 3. The van der Waals surface area contributed by atoms with Gasteiger partial charge in [-0.25, -0.2) is 9.97 Å². The van der Waals surface area contributed by atoms with Gasteiger partial charge in [0, 0.05) is 11.9 Å². The van der Waals surface area contributed by atoms with Gasteiger partial charge in [-0.05, 0) is 11.4 Å². The van der Waals surface area contributed by atoms with Gasteiger partial charge < -0.3 is 15.4 Å². The molecule has 0 radical (unpaired) electrons. The molecule has 0 aliphatic heterocycles. The highest BCUT2D eigenvalue weighted by Gasteiger charge is 2.14. The number of aromatic nitrogens is 2. The van der Waals surface area contributed by atoms with E-state index in [-0.39, 0.29) is 0 Å². The summed E-state index contributed by atoms with van der Waals surface area (Å²) in [7, 11) is 3.52. The van der Waals surface area contributed by atoms with Gasteiger partial charge in [-0.15, -0.1) is 11.3 Å². The predicted octanol–water partition coefficient (Wildman–Crippen LogP) is 1.77. The summed E-state index contributed by atoms with van der Waals surface area (Å²) in [5, 5.41) is 2.05. The maximum absolute atomic E-state index is 5.74. The highest BCUT2D eigenvalue weighted by atomic mass is 32.1. The molecule has 0 saturated carbocycles. The highest BCUT2D eigenvalue weighted by molar-refractivity contribution is 7.09. The number of nitrogens with two attached hydrogens (primary N) is 1. The zero-order chi connectivity index (χ0) is 12.3. The molecule has 0 unspecified atom stereocenters. The van der Waals surface area contributed by atoms with Gasteiger partial charge in [-0.2, -0.15) is 0 Å². The summed E-state index contributed by atoms with van der Waals surface area (Å²) >= 11 is 1.71. The molecule has 6 heteroatoms. The fraction of sp³-hybridized carbons (Fsp3) is 0.273.